The van der Waals surface area contributed by atoms with Crippen LogP contribution in [-0.4, -0.2) is 0 Å². The molecule has 0 fully saturated rings. The number of allylic oxidation sites excluding steroid dienone is 2. The van der Waals surface area contributed by atoms with Crippen molar-refractivity contribution in [3.05, 3.63) is 25.3 Å². The van der Waals surface area contributed by atoms with Gasteiger partial charge in [0.25, 0.3) is 0 Å². The van der Waals surface area contributed by atoms with E-state index in [9.17, 15) is 0 Å². The highest BCUT2D eigenvalue weighted by Gasteiger charge is 1.29. The Morgan fingerprint density at radius 1 is 1.00 bits per heavy atom. The van der Waals surface area contributed by atoms with Crippen molar-refractivity contribution in [1.82, 2.24) is 6.15 Å². The third-order valence-electron chi connectivity index (χ3n) is 0.167. The number of hydrogen-bond acceptors (Lipinski definition) is 1. The largest absolute Gasteiger partial charge is 0.344 e. The van der Waals surface area contributed by atoms with Gasteiger partial charge in [0.2, 0.25) is 0 Å². The first-order valence-corrected chi connectivity index (χ1v) is 1.15. The van der Waals surface area contributed by atoms with E-state index in [2.05, 4.69) is 13.2 Å². The molecule has 0 rings (SSSR count). The third kappa shape index (κ3) is 36.8. The molecule has 3 N–H and O–H groups in total. The first-order chi connectivity index (χ1) is 1.91. The second kappa shape index (κ2) is 9.88. The van der Waals surface area contributed by atoms with Crippen LogP contribution in [0.4, 0.5) is 0 Å². The Morgan fingerprint density at radius 2 is 1.20 bits per heavy atom. The van der Waals surface area contributed by atoms with Gasteiger partial charge < -0.3 is 6.15 Å². The van der Waals surface area contributed by atoms with Gasteiger partial charge in [-0.1, -0.05) is 25.3 Å². The van der Waals surface area contributed by atoms with Crippen LogP contribution >= 0.6 is 0 Å². The zero-order valence-corrected chi connectivity index (χ0v) is 3.28. The maximum absolute atomic E-state index is 3.36. The van der Waals surface area contributed by atoms with Gasteiger partial charge in [-0.15, -0.1) is 0 Å². The highest BCUT2D eigenvalue weighted by Crippen LogP contribution is 1.52. The Labute approximate surface area is 32.6 Å². The third-order valence-corrected chi connectivity index (χ3v) is 0.167. The smallest absolute Gasteiger partial charge is 0.0701 e. The fourth-order valence-electron chi connectivity index (χ4n) is 0. The Morgan fingerprint density at radius 3 is 1.20 bits per heavy atom. The van der Waals surface area contributed by atoms with Crippen LogP contribution in [0.1, 0.15) is 0 Å². The average molecular weight is 71.1 g/mol. The molecule has 0 amide bonds. The van der Waals surface area contributed by atoms with Gasteiger partial charge in [-0.25, -0.2) is 0 Å². The van der Waals surface area contributed by atoms with Crippen LogP contribution in [0.25, 0.3) is 0 Å². The molecule has 0 unspecified atom stereocenters. The van der Waals surface area contributed by atoms with E-state index in [4.69, 9.17) is 0 Å². The van der Waals surface area contributed by atoms with Crippen LogP contribution < -0.4 is 6.15 Å². The predicted molar refractivity (Wildman–Crippen MR) is 25.4 cm³/mol. The van der Waals surface area contributed by atoms with Crippen molar-refractivity contribution in [1.29, 1.82) is 0 Å². The molecule has 0 atom stereocenters. The van der Waals surface area contributed by atoms with Crippen LogP contribution in [-0.2, 0) is 0 Å². The van der Waals surface area contributed by atoms with Gasteiger partial charge in [-0.2, -0.15) is 0 Å². The van der Waals surface area contributed by atoms with E-state index in [1.165, 1.54) is 0 Å². The van der Waals surface area contributed by atoms with Crippen LogP contribution in [0.2, 0.25) is 0 Å². The van der Waals surface area contributed by atoms with E-state index in [0.717, 1.165) is 0 Å². The Hall–Kier alpha value is -0.560. The lowest BCUT2D eigenvalue weighted by atomic mass is 10.6. The standard InChI is InChI=1S/C4H6.H3N/c1-3-4-2;/h3-4H,1-2H2;1H3. The van der Waals surface area contributed by atoms with Crippen molar-refractivity contribution in [3.8, 4) is 0 Å². The van der Waals surface area contributed by atoms with Crippen LogP contribution in [0, 0.1) is 0 Å². The van der Waals surface area contributed by atoms with E-state index >= 15 is 0 Å². The summed E-state index contributed by atoms with van der Waals surface area (Å²) in [5.74, 6) is 0. The molecule has 0 saturated heterocycles. The normalized spacial score (nSPS) is 4.00. The summed E-state index contributed by atoms with van der Waals surface area (Å²) in [4.78, 5) is 0. The highest BCUT2D eigenvalue weighted by molar-refractivity contribution is 4.88. The van der Waals surface area contributed by atoms with E-state index in [1.54, 1.807) is 12.2 Å². The number of rotatable bonds is 1. The lowest BCUT2D eigenvalue weighted by Gasteiger charge is -1.44. The lowest BCUT2D eigenvalue weighted by molar-refractivity contribution is 2.13. The van der Waals surface area contributed by atoms with Gasteiger partial charge in [0, 0.05) is 0 Å². The fraction of sp³-hybridized carbons (Fsp3) is 0. The summed E-state index contributed by atoms with van der Waals surface area (Å²) < 4.78 is 0. The topological polar surface area (TPSA) is 35.0 Å². The second-order valence-corrected chi connectivity index (χ2v) is 0.471. The van der Waals surface area contributed by atoms with Crippen molar-refractivity contribution >= 4 is 0 Å². The van der Waals surface area contributed by atoms with Crippen LogP contribution in [0.5, 0.6) is 0 Å². The fourth-order valence-corrected chi connectivity index (χ4v) is 0. The predicted octanol–water partition coefficient (Wildman–Crippen LogP) is 1.52. The second-order valence-electron chi connectivity index (χ2n) is 0.471. The minimum atomic E-state index is 0. The van der Waals surface area contributed by atoms with Crippen molar-refractivity contribution in [3.63, 3.8) is 0 Å². The molecule has 1 nitrogen and oxygen atoms in total. The molecule has 0 saturated carbocycles. The van der Waals surface area contributed by atoms with Crippen molar-refractivity contribution in [2.24, 2.45) is 0 Å². The molecule has 0 heterocycles. The first kappa shape index (κ1) is 8.83. The van der Waals surface area contributed by atoms with Gasteiger partial charge >= 0.3 is 0 Å². The van der Waals surface area contributed by atoms with Gasteiger partial charge in [0.05, 0.1) is 0 Å². The highest BCUT2D eigenvalue weighted by atomic mass is 14.0. The molecule has 0 aliphatic rings. The van der Waals surface area contributed by atoms with Crippen molar-refractivity contribution < 1.29 is 0 Å². The summed E-state index contributed by atoms with van der Waals surface area (Å²) in [7, 11) is 0. The lowest BCUT2D eigenvalue weighted by Crippen LogP contribution is -1.21. The first-order valence-electron chi connectivity index (χ1n) is 1.15. The monoisotopic (exact) mass is 71.1 g/mol. The summed E-state index contributed by atoms with van der Waals surface area (Å²) in [6.07, 6.45) is 3.28. The van der Waals surface area contributed by atoms with Gasteiger partial charge in [-0.3, -0.25) is 0 Å². The minimum absolute atomic E-state index is 0. The molecular formula is C4H9N. The van der Waals surface area contributed by atoms with Gasteiger partial charge in [0.15, 0.2) is 0 Å². The molecule has 30 valence electrons. The molecular weight excluding hydrogens is 62.1 g/mol. The number of hydrogen-bond donors (Lipinski definition) is 1. The quantitative estimate of drug-likeness (QED) is 0.467. The minimum Gasteiger partial charge on any atom is -0.344 e. The zero-order chi connectivity index (χ0) is 3.41. The summed E-state index contributed by atoms with van der Waals surface area (Å²) >= 11 is 0. The molecule has 0 aliphatic carbocycles. The van der Waals surface area contributed by atoms with Crippen LogP contribution in [0.3, 0.4) is 0 Å². The van der Waals surface area contributed by atoms with Gasteiger partial charge in [-0.05, 0) is 0 Å². The molecule has 0 spiro atoms. The summed E-state index contributed by atoms with van der Waals surface area (Å²) in [6, 6.07) is 0. The molecule has 0 bridgehead atoms. The molecule has 0 aliphatic heterocycles. The van der Waals surface area contributed by atoms with Crippen molar-refractivity contribution in [2.45, 2.75) is 0 Å². The average Bonchev–Trinajstić information content (AvgIpc) is 1.37. The summed E-state index contributed by atoms with van der Waals surface area (Å²) in [6.45, 7) is 6.72. The maximum atomic E-state index is 3.36. The SMILES string of the molecule is C=CC=C.N. The Balaban J connectivity index is 0. The van der Waals surface area contributed by atoms with E-state index in [1.807, 2.05) is 0 Å². The molecule has 0 aromatic carbocycles. The zero-order valence-electron chi connectivity index (χ0n) is 3.28. The van der Waals surface area contributed by atoms with Crippen LogP contribution in [0.15, 0.2) is 25.3 Å². The Kier molecular flexibility index (Phi) is 17.4. The maximum Gasteiger partial charge on any atom is -0.0701 e. The molecule has 0 radical (unpaired) electrons. The molecule has 0 aromatic rings. The van der Waals surface area contributed by atoms with Gasteiger partial charge in [0.1, 0.15) is 0 Å². The Bertz CT molecular complexity index is 24.6. The van der Waals surface area contributed by atoms with E-state index in [-0.39, 0.29) is 6.15 Å². The summed E-state index contributed by atoms with van der Waals surface area (Å²) in [5, 5.41) is 0. The van der Waals surface area contributed by atoms with E-state index < -0.39 is 0 Å². The summed E-state index contributed by atoms with van der Waals surface area (Å²) in [5.41, 5.74) is 0. The molecule has 1 heteroatoms. The van der Waals surface area contributed by atoms with Crippen molar-refractivity contribution in [2.75, 3.05) is 0 Å². The molecule has 5 heavy (non-hydrogen) atoms. The molecule has 0 aromatic heterocycles. The van der Waals surface area contributed by atoms with E-state index in [0.29, 0.717) is 0 Å².